The standard InChI is InChI=1S/C18H29NO4/c1-3-16(2)23-18-7-5-4-6-17(18)22-15-14-21-13-10-19-8-11-20-12-9-19/h4-7,16H,3,8-15H2,1-2H3/t16-/m0/s1. The van der Waals surface area contributed by atoms with Crippen LogP contribution < -0.4 is 9.47 Å². The number of benzene rings is 1. The Morgan fingerprint density at radius 3 is 2.57 bits per heavy atom. The van der Waals surface area contributed by atoms with Crippen LogP contribution in [0.3, 0.4) is 0 Å². The van der Waals surface area contributed by atoms with Gasteiger partial charge in [-0.05, 0) is 25.5 Å². The van der Waals surface area contributed by atoms with Gasteiger partial charge in [-0.3, -0.25) is 4.90 Å². The van der Waals surface area contributed by atoms with Crippen molar-refractivity contribution in [1.82, 2.24) is 4.90 Å². The number of rotatable bonds is 10. The van der Waals surface area contributed by atoms with Crippen molar-refractivity contribution in [3.8, 4) is 11.5 Å². The molecule has 23 heavy (non-hydrogen) atoms. The van der Waals surface area contributed by atoms with Crippen molar-refractivity contribution < 1.29 is 18.9 Å². The quantitative estimate of drug-likeness (QED) is 0.619. The summed E-state index contributed by atoms with van der Waals surface area (Å²) in [6.45, 7) is 10.6. The molecule has 0 aromatic heterocycles. The maximum absolute atomic E-state index is 5.87. The van der Waals surface area contributed by atoms with Gasteiger partial charge in [0, 0.05) is 19.6 Å². The van der Waals surface area contributed by atoms with E-state index in [0.717, 1.165) is 57.4 Å². The first-order valence-corrected chi connectivity index (χ1v) is 8.56. The van der Waals surface area contributed by atoms with Crippen LogP contribution in [0.4, 0.5) is 0 Å². The predicted molar refractivity (Wildman–Crippen MR) is 90.4 cm³/mol. The highest BCUT2D eigenvalue weighted by Crippen LogP contribution is 2.27. The zero-order chi connectivity index (χ0) is 16.3. The van der Waals surface area contributed by atoms with Gasteiger partial charge < -0.3 is 18.9 Å². The monoisotopic (exact) mass is 323 g/mol. The van der Waals surface area contributed by atoms with Crippen molar-refractivity contribution in [3.05, 3.63) is 24.3 Å². The van der Waals surface area contributed by atoms with Gasteiger partial charge in [-0.25, -0.2) is 0 Å². The molecule has 0 N–H and O–H groups in total. The molecule has 1 aliphatic heterocycles. The lowest BCUT2D eigenvalue weighted by Gasteiger charge is -2.26. The maximum Gasteiger partial charge on any atom is 0.161 e. The van der Waals surface area contributed by atoms with E-state index in [0.29, 0.717) is 13.2 Å². The molecular weight excluding hydrogens is 294 g/mol. The molecule has 0 saturated carbocycles. The number of ether oxygens (including phenoxy) is 4. The van der Waals surface area contributed by atoms with Crippen LogP contribution in [0.2, 0.25) is 0 Å². The van der Waals surface area contributed by atoms with Crippen LogP contribution in [0.1, 0.15) is 20.3 Å². The van der Waals surface area contributed by atoms with Crippen molar-refractivity contribution in [2.75, 3.05) is 52.7 Å². The summed E-state index contributed by atoms with van der Waals surface area (Å²) >= 11 is 0. The van der Waals surface area contributed by atoms with Crippen molar-refractivity contribution in [3.63, 3.8) is 0 Å². The van der Waals surface area contributed by atoms with Gasteiger partial charge in [0.05, 0.1) is 32.5 Å². The van der Waals surface area contributed by atoms with Crippen molar-refractivity contribution in [2.45, 2.75) is 26.4 Å². The van der Waals surface area contributed by atoms with Gasteiger partial charge >= 0.3 is 0 Å². The summed E-state index contributed by atoms with van der Waals surface area (Å²) in [5, 5.41) is 0. The van der Waals surface area contributed by atoms with Crippen LogP contribution in [0, 0.1) is 0 Å². The molecule has 0 aliphatic carbocycles. The molecule has 2 rings (SSSR count). The summed E-state index contributed by atoms with van der Waals surface area (Å²) < 4.78 is 22.6. The summed E-state index contributed by atoms with van der Waals surface area (Å²) in [6.07, 6.45) is 1.16. The van der Waals surface area contributed by atoms with E-state index in [1.165, 1.54) is 0 Å². The van der Waals surface area contributed by atoms with E-state index in [-0.39, 0.29) is 6.10 Å². The first-order valence-electron chi connectivity index (χ1n) is 8.56. The van der Waals surface area contributed by atoms with Gasteiger partial charge in [0.2, 0.25) is 0 Å². The van der Waals surface area contributed by atoms with Gasteiger partial charge in [-0.15, -0.1) is 0 Å². The highest BCUT2D eigenvalue weighted by Gasteiger charge is 2.10. The molecule has 0 unspecified atom stereocenters. The van der Waals surface area contributed by atoms with E-state index in [2.05, 4.69) is 18.7 Å². The van der Waals surface area contributed by atoms with E-state index in [1.54, 1.807) is 0 Å². The van der Waals surface area contributed by atoms with Crippen LogP contribution in [0.25, 0.3) is 0 Å². The Morgan fingerprint density at radius 2 is 1.83 bits per heavy atom. The summed E-state index contributed by atoms with van der Waals surface area (Å²) in [5.41, 5.74) is 0. The Balaban J connectivity index is 1.62. The highest BCUT2D eigenvalue weighted by molar-refractivity contribution is 5.39. The number of hydrogen-bond donors (Lipinski definition) is 0. The molecule has 1 aromatic carbocycles. The average Bonchev–Trinajstić information content (AvgIpc) is 2.60. The van der Waals surface area contributed by atoms with E-state index < -0.39 is 0 Å². The molecule has 130 valence electrons. The van der Waals surface area contributed by atoms with Gasteiger partial charge in [-0.2, -0.15) is 0 Å². The maximum atomic E-state index is 5.87. The Bertz CT molecular complexity index is 435. The summed E-state index contributed by atoms with van der Waals surface area (Å²) in [6, 6.07) is 7.80. The van der Waals surface area contributed by atoms with Gasteiger partial charge in [0.1, 0.15) is 6.61 Å². The molecule has 0 amide bonds. The molecule has 1 atom stereocenters. The lowest BCUT2D eigenvalue weighted by Crippen LogP contribution is -2.38. The van der Waals surface area contributed by atoms with Crippen molar-refractivity contribution in [1.29, 1.82) is 0 Å². The van der Waals surface area contributed by atoms with Crippen LogP contribution >= 0.6 is 0 Å². The highest BCUT2D eigenvalue weighted by atomic mass is 16.5. The largest absolute Gasteiger partial charge is 0.487 e. The molecular formula is C18H29NO4. The Labute approximate surface area is 139 Å². The summed E-state index contributed by atoms with van der Waals surface area (Å²) in [7, 11) is 0. The molecule has 1 heterocycles. The van der Waals surface area contributed by atoms with Gasteiger partial charge in [0.25, 0.3) is 0 Å². The molecule has 1 fully saturated rings. The van der Waals surface area contributed by atoms with E-state index in [9.17, 15) is 0 Å². The Hall–Kier alpha value is -1.30. The van der Waals surface area contributed by atoms with E-state index >= 15 is 0 Å². The molecule has 5 nitrogen and oxygen atoms in total. The summed E-state index contributed by atoms with van der Waals surface area (Å²) in [4.78, 5) is 2.36. The minimum Gasteiger partial charge on any atom is -0.487 e. The molecule has 1 saturated heterocycles. The Kier molecular flexibility index (Phi) is 8.21. The molecule has 1 aliphatic rings. The molecule has 0 bridgehead atoms. The zero-order valence-electron chi connectivity index (χ0n) is 14.3. The third-order valence-corrected chi connectivity index (χ3v) is 3.89. The number of hydrogen-bond acceptors (Lipinski definition) is 5. The number of morpholine rings is 1. The summed E-state index contributed by atoms with van der Waals surface area (Å²) in [5.74, 6) is 1.58. The normalized spacial score (nSPS) is 17.0. The molecule has 1 aromatic rings. The van der Waals surface area contributed by atoms with Gasteiger partial charge in [-0.1, -0.05) is 19.1 Å². The second kappa shape index (κ2) is 10.5. The minimum absolute atomic E-state index is 0.185. The number of para-hydroxylation sites is 2. The first-order chi connectivity index (χ1) is 11.3. The van der Waals surface area contributed by atoms with Crippen LogP contribution in [-0.4, -0.2) is 63.7 Å². The Morgan fingerprint density at radius 1 is 1.09 bits per heavy atom. The SMILES string of the molecule is CC[C@H](C)Oc1ccccc1OCCOCCN1CCOCC1. The molecule has 5 heteroatoms. The van der Waals surface area contributed by atoms with E-state index in [4.69, 9.17) is 18.9 Å². The van der Waals surface area contributed by atoms with Crippen LogP contribution in [0.15, 0.2) is 24.3 Å². The van der Waals surface area contributed by atoms with Crippen LogP contribution in [-0.2, 0) is 9.47 Å². The van der Waals surface area contributed by atoms with Gasteiger partial charge in [0.15, 0.2) is 11.5 Å². The smallest absolute Gasteiger partial charge is 0.161 e. The average molecular weight is 323 g/mol. The molecule has 0 spiro atoms. The zero-order valence-corrected chi connectivity index (χ0v) is 14.3. The fourth-order valence-electron chi connectivity index (χ4n) is 2.30. The first kappa shape index (κ1) is 18.0. The third-order valence-electron chi connectivity index (χ3n) is 3.89. The van der Waals surface area contributed by atoms with Crippen molar-refractivity contribution in [2.24, 2.45) is 0 Å². The second-order valence-corrected chi connectivity index (χ2v) is 5.70. The fraction of sp³-hybridized carbons (Fsp3) is 0.667. The lowest BCUT2D eigenvalue weighted by molar-refractivity contribution is 0.0169. The topological polar surface area (TPSA) is 40.2 Å². The minimum atomic E-state index is 0.185. The van der Waals surface area contributed by atoms with E-state index in [1.807, 2.05) is 24.3 Å². The predicted octanol–water partition coefficient (Wildman–Crippen LogP) is 2.59. The number of nitrogens with zero attached hydrogens (tertiary/aromatic N) is 1. The van der Waals surface area contributed by atoms with Crippen LogP contribution in [0.5, 0.6) is 11.5 Å². The lowest BCUT2D eigenvalue weighted by atomic mass is 10.3. The fourth-order valence-corrected chi connectivity index (χ4v) is 2.30. The molecule has 0 radical (unpaired) electrons. The van der Waals surface area contributed by atoms with Crippen molar-refractivity contribution >= 4 is 0 Å². The second-order valence-electron chi connectivity index (χ2n) is 5.70. The third kappa shape index (κ3) is 6.77.